The maximum atomic E-state index is 12.9. The molecule has 3 heteroatoms. The zero-order valence-electron chi connectivity index (χ0n) is 6.16. The van der Waals surface area contributed by atoms with Gasteiger partial charge in [0.25, 0.3) is 5.92 Å². The molecule has 0 radical (unpaired) electrons. The lowest BCUT2D eigenvalue weighted by atomic mass is 10.0. The molecule has 0 unspecified atom stereocenters. The van der Waals surface area contributed by atoms with Crippen molar-refractivity contribution < 1.29 is 8.78 Å². The Bertz CT molecular complexity index is 130. The molecule has 0 bridgehead atoms. The van der Waals surface area contributed by atoms with Crippen LogP contribution in [0.15, 0.2) is 0 Å². The molecule has 1 aliphatic rings. The summed E-state index contributed by atoms with van der Waals surface area (Å²) in [6.07, 6.45) is 1.41. The summed E-state index contributed by atoms with van der Waals surface area (Å²) < 4.78 is 25.7. The number of alkyl halides is 2. The fraction of sp³-hybridized carbons (Fsp3) is 1.00. The van der Waals surface area contributed by atoms with Gasteiger partial charge in [0, 0.05) is 6.42 Å². The summed E-state index contributed by atoms with van der Waals surface area (Å²) in [5.41, 5.74) is 4.22. The number of halogens is 2. The van der Waals surface area contributed by atoms with Crippen molar-refractivity contribution in [2.45, 2.75) is 44.1 Å². The van der Waals surface area contributed by atoms with E-state index >= 15 is 0 Å². The largest absolute Gasteiger partial charge is 0.320 e. The minimum Gasteiger partial charge on any atom is -0.320 e. The highest BCUT2D eigenvalue weighted by Crippen LogP contribution is 2.47. The molecule has 0 saturated heterocycles. The Hall–Kier alpha value is -0.180. The van der Waals surface area contributed by atoms with E-state index in [1.54, 1.807) is 6.92 Å². The molecule has 0 spiro atoms. The van der Waals surface area contributed by atoms with Gasteiger partial charge in [0.1, 0.15) is 0 Å². The Morgan fingerprint density at radius 3 is 2.30 bits per heavy atom. The molecule has 2 N–H and O–H groups in total. The quantitative estimate of drug-likeness (QED) is 0.651. The second-order valence-electron chi connectivity index (χ2n) is 3.11. The van der Waals surface area contributed by atoms with Gasteiger partial charge in [-0.2, -0.15) is 0 Å². The molecule has 1 nitrogen and oxygen atoms in total. The zero-order valence-corrected chi connectivity index (χ0v) is 6.16. The van der Waals surface area contributed by atoms with E-state index < -0.39 is 11.5 Å². The first kappa shape index (κ1) is 7.92. The summed E-state index contributed by atoms with van der Waals surface area (Å²) in [5, 5.41) is 0. The molecule has 1 fully saturated rings. The van der Waals surface area contributed by atoms with Gasteiger partial charge in [0.15, 0.2) is 0 Å². The molecule has 10 heavy (non-hydrogen) atoms. The molecule has 0 aliphatic heterocycles. The van der Waals surface area contributed by atoms with Crippen LogP contribution in [0, 0.1) is 0 Å². The van der Waals surface area contributed by atoms with Crippen molar-refractivity contribution >= 4 is 0 Å². The third-order valence-electron chi connectivity index (χ3n) is 2.08. The van der Waals surface area contributed by atoms with Gasteiger partial charge in [-0.1, -0.05) is 13.3 Å². The van der Waals surface area contributed by atoms with Crippen LogP contribution in [-0.2, 0) is 0 Å². The van der Waals surface area contributed by atoms with E-state index in [4.69, 9.17) is 5.73 Å². The molecule has 0 aromatic heterocycles. The lowest BCUT2D eigenvalue weighted by molar-refractivity contribution is -0.0438. The molecule has 1 saturated carbocycles. The van der Waals surface area contributed by atoms with Crippen LogP contribution in [0.1, 0.15) is 32.6 Å². The van der Waals surface area contributed by atoms with E-state index in [2.05, 4.69) is 0 Å². The number of rotatable bonds is 3. The van der Waals surface area contributed by atoms with Crippen LogP contribution in [0.4, 0.5) is 8.78 Å². The topological polar surface area (TPSA) is 26.0 Å². The average molecular weight is 149 g/mol. The molecule has 0 heterocycles. The van der Waals surface area contributed by atoms with Gasteiger partial charge < -0.3 is 5.73 Å². The third-order valence-corrected chi connectivity index (χ3v) is 2.08. The average Bonchev–Trinajstić information content (AvgIpc) is 2.49. The van der Waals surface area contributed by atoms with Gasteiger partial charge in [0.05, 0.1) is 5.54 Å². The highest BCUT2D eigenvalue weighted by molar-refractivity contribution is 5.08. The Kier molecular flexibility index (Phi) is 1.71. The summed E-state index contributed by atoms with van der Waals surface area (Å²) in [5.74, 6) is -2.62. The molecule has 0 atom stereocenters. The molecular weight excluding hydrogens is 136 g/mol. The standard InChI is InChI=1S/C7H13F2N/c1-2-3-7(8,9)6(10)4-5-6/h2-5,10H2,1H3. The summed E-state index contributed by atoms with van der Waals surface area (Å²) in [7, 11) is 0. The fourth-order valence-electron chi connectivity index (χ4n) is 1.06. The highest BCUT2D eigenvalue weighted by Gasteiger charge is 2.58. The predicted octanol–water partition coefficient (Wildman–Crippen LogP) is 1.91. The minimum atomic E-state index is -2.62. The van der Waals surface area contributed by atoms with Crippen LogP contribution < -0.4 is 5.73 Å². The summed E-state index contributed by atoms with van der Waals surface area (Å²) in [4.78, 5) is 0. The second-order valence-corrected chi connectivity index (χ2v) is 3.11. The van der Waals surface area contributed by atoms with Crippen LogP contribution in [0.25, 0.3) is 0 Å². The summed E-state index contributed by atoms with van der Waals surface area (Å²) in [6.45, 7) is 1.75. The van der Waals surface area contributed by atoms with E-state index in [-0.39, 0.29) is 6.42 Å². The molecule has 1 aliphatic carbocycles. The molecular formula is C7H13F2N. The van der Waals surface area contributed by atoms with E-state index in [0.717, 1.165) is 0 Å². The molecule has 60 valence electrons. The van der Waals surface area contributed by atoms with Gasteiger partial charge in [-0.15, -0.1) is 0 Å². The lowest BCUT2D eigenvalue weighted by Gasteiger charge is -2.21. The van der Waals surface area contributed by atoms with Crippen molar-refractivity contribution in [3.8, 4) is 0 Å². The van der Waals surface area contributed by atoms with Crippen molar-refractivity contribution in [2.24, 2.45) is 5.73 Å². The minimum absolute atomic E-state index is 0.0660. The van der Waals surface area contributed by atoms with Gasteiger partial charge in [-0.3, -0.25) is 0 Å². The Labute approximate surface area is 59.6 Å². The number of nitrogens with two attached hydrogens (primary N) is 1. The van der Waals surface area contributed by atoms with Crippen LogP contribution >= 0.6 is 0 Å². The number of hydrogen-bond acceptors (Lipinski definition) is 1. The van der Waals surface area contributed by atoms with E-state index in [9.17, 15) is 8.78 Å². The predicted molar refractivity (Wildman–Crippen MR) is 36.0 cm³/mol. The Morgan fingerprint density at radius 2 is 2.00 bits per heavy atom. The maximum Gasteiger partial charge on any atom is 0.265 e. The first-order valence-electron chi connectivity index (χ1n) is 3.68. The van der Waals surface area contributed by atoms with Crippen molar-refractivity contribution in [1.29, 1.82) is 0 Å². The first-order chi connectivity index (χ1) is 4.52. The van der Waals surface area contributed by atoms with Crippen LogP contribution in [-0.4, -0.2) is 11.5 Å². The van der Waals surface area contributed by atoms with Crippen molar-refractivity contribution in [3.63, 3.8) is 0 Å². The second kappa shape index (κ2) is 2.16. The summed E-state index contributed by atoms with van der Waals surface area (Å²) in [6, 6.07) is 0. The molecule has 0 aromatic rings. The van der Waals surface area contributed by atoms with Gasteiger partial charge >= 0.3 is 0 Å². The van der Waals surface area contributed by atoms with Crippen molar-refractivity contribution in [3.05, 3.63) is 0 Å². The van der Waals surface area contributed by atoms with Gasteiger partial charge in [0.2, 0.25) is 0 Å². The van der Waals surface area contributed by atoms with Gasteiger partial charge in [-0.25, -0.2) is 8.78 Å². The Balaban J connectivity index is 2.50. The lowest BCUT2D eigenvalue weighted by Crippen LogP contribution is -2.43. The first-order valence-corrected chi connectivity index (χ1v) is 3.68. The van der Waals surface area contributed by atoms with Crippen molar-refractivity contribution in [2.75, 3.05) is 0 Å². The smallest absolute Gasteiger partial charge is 0.265 e. The van der Waals surface area contributed by atoms with E-state index in [1.807, 2.05) is 0 Å². The third kappa shape index (κ3) is 1.15. The van der Waals surface area contributed by atoms with Crippen LogP contribution in [0.2, 0.25) is 0 Å². The zero-order chi connectivity index (χ0) is 7.83. The van der Waals surface area contributed by atoms with Crippen LogP contribution in [0.5, 0.6) is 0 Å². The molecule has 0 amide bonds. The Morgan fingerprint density at radius 1 is 1.50 bits per heavy atom. The highest BCUT2D eigenvalue weighted by atomic mass is 19.3. The van der Waals surface area contributed by atoms with Gasteiger partial charge in [-0.05, 0) is 12.8 Å². The SMILES string of the molecule is CCCC(F)(F)C1(N)CC1. The van der Waals surface area contributed by atoms with E-state index in [0.29, 0.717) is 19.3 Å². The normalized spacial score (nSPS) is 22.8. The molecule has 0 aromatic carbocycles. The maximum absolute atomic E-state index is 12.9. The molecule has 1 rings (SSSR count). The van der Waals surface area contributed by atoms with Crippen LogP contribution in [0.3, 0.4) is 0 Å². The number of hydrogen-bond donors (Lipinski definition) is 1. The fourth-order valence-corrected chi connectivity index (χ4v) is 1.06. The monoisotopic (exact) mass is 149 g/mol. The van der Waals surface area contributed by atoms with Crippen molar-refractivity contribution in [1.82, 2.24) is 0 Å². The van der Waals surface area contributed by atoms with E-state index in [1.165, 1.54) is 0 Å². The summed E-state index contributed by atoms with van der Waals surface area (Å²) >= 11 is 0.